The number of benzene rings is 1. The maximum atomic E-state index is 12.0. The predicted octanol–water partition coefficient (Wildman–Crippen LogP) is 3.07. The molecule has 5 nitrogen and oxygen atoms in total. The van der Waals surface area contributed by atoms with Crippen molar-refractivity contribution in [3.8, 4) is 0 Å². The number of ether oxygens (including phenoxy) is 1. The number of amides is 1. The van der Waals surface area contributed by atoms with Crippen molar-refractivity contribution in [1.29, 1.82) is 0 Å². The average Bonchev–Trinajstić information content (AvgIpc) is 3.04. The Bertz CT molecular complexity index is 677. The molecule has 0 saturated heterocycles. The van der Waals surface area contributed by atoms with E-state index < -0.39 is 0 Å². The van der Waals surface area contributed by atoms with E-state index >= 15 is 0 Å². The molecule has 1 amide bonds. The molecule has 1 N–H and O–H groups in total. The van der Waals surface area contributed by atoms with Crippen molar-refractivity contribution in [1.82, 2.24) is 0 Å². The van der Waals surface area contributed by atoms with E-state index in [1.807, 2.05) is 17.5 Å². The van der Waals surface area contributed by atoms with Crippen molar-refractivity contribution >= 4 is 34.7 Å². The van der Waals surface area contributed by atoms with E-state index in [1.54, 1.807) is 35.6 Å². The molecule has 0 radical (unpaired) electrons. The van der Waals surface area contributed by atoms with Gasteiger partial charge in [-0.15, -0.1) is 11.3 Å². The number of Topliss-reactive ketones (excluding diaryl/α,β-unsaturated/α-hetero) is 1. The molecule has 2 aromatic rings. The molecule has 0 bridgehead atoms. The van der Waals surface area contributed by atoms with Crippen molar-refractivity contribution in [2.75, 3.05) is 11.9 Å². The third kappa shape index (κ3) is 5.67. The number of carbonyl (C=O) groups excluding carboxylic acids is 3. The fourth-order valence-corrected chi connectivity index (χ4v) is 2.63. The summed E-state index contributed by atoms with van der Waals surface area (Å²) in [5, 5.41) is 4.57. The fraction of sp³-hybridized carbons (Fsp3) is 0.235. The van der Waals surface area contributed by atoms with E-state index in [9.17, 15) is 14.4 Å². The third-order valence-corrected chi connectivity index (χ3v) is 3.98. The molecule has 23 heavy (non-hydrogen) atoms. The van der Waals surface area contributed by atoms with Gasteiger partial charge in [-0.2, -0.15) is 0 Å². The number of esters is 1. The van der Waals surface area contributed by atoms with Gasteiger partial charge in [-0.25, -0.2) is 0 Å². The lowest BCUT2D eigenvalue weighted by Gasteiger charge is -2.05. The monoisotopic (exact) mass is 331 g/mol. The smallest absolute Gasteiger partial charge is 0.306 e. The molecule has 1 aromatic carbocycles. The van der Waals surface area contributed by atoms with Crippen molar-refractivity contribution in [3.05, 3.63) is 52.2 Å². The fourth-order valence-electron chi connectivity index (χ4n) is 1.92. The Balaban J connectivity index is 1.77. The summed E-state index contributed by atoms with van der Waals surface area (Å²) in [6.45, 7) is 1.14. The maximum absolute atomic E-state index is 12.0. The van der Waals surface area contributed by atoms with E-state index in [2.05, 4.69) is 5.32 Å². The minimum Gasteiger partial charge on any atom is -0.457 e. The second-order valence-electron chi connectivity index (χ2n) is 4.92. The highest BCUT2D eigenvalue weighted by atomic mass is 32.1. The molecule has 0 aliphatic carbocycles. The van der Waals surface area contributed by atoms with Gasteiger partial charge in [0.1, 0.15) is 0 Å². The van der Waals surface area contributed by atoms with Gasteiger partial charge in [-0.3, -0.25) is 14.4 Å². The molecule has 0 atom stereocenters. The second-order valence-corrected chi connectivity index (χ2v) is 5.95. The highest BCUT2D eigenvalue weighted by Gasteiger charge is 2.10. The van der Waals surface area contributed by atoms with Gasteiger partial charge in [0.05, 0.1) is 6.42 Å². The van der Waals surface area contributed by atoms with E-state index in [4.69, 9.17) is 4.74 Å². The molecule has 6 heteroatoms. The zero-order valence-electron chi connectivity index (χ0n) is 12.7. The summed E-state index contributed by atoms with van der Waals surface area (Å²) < 4.78 is 5.00. The van der Waals surface area contributed by atoms with Crippen LogP contribution < -0.4 is 5.32 Å². The van der Waals surface area contributed by atoms with Gasteiger partial charge in [0.2, 0.25) is 5.91 Å². The topological polar surface area (TPSA) is 72.5 Å². The number of nitrogens with one attached hydrogen (secondary N) is 1. The quantitative estimate of drug-likeness (QED) is 0.625. The largest absolute Gasteiger partial charge is 0.457 e. The first kappa shape index (κ1) is 16.9. The zero-order chi connectivity index (χ0) is 16.7. The lowest BCUT2D eigenvalue weighted by atomic mass is 10.1. The van der Waals surface area contributed by atoms with Crippen LogP contribution in [0, 0.1) is 0 Å². The van der Waals surface area contributed by atoms with Crippen LogP contribution in [-0.4, -0.2) is 24.3 Å². The Labute approximate surface area is 138 Å². The molecule has 0 aliphatic rings. The number of hydrogen-bond acceptors (Lipinski definition) is 5. The summed E-state index contributed by atoms with van der Waals surface area (Å²) in [5.41, 5.74) is 1.05. The summed E-state index contributed by atoms with van der Waals surface area (Å²) in [7, 11) is 0. The Morgan fingerprint density at radius 1 is 1.13 bits per heavy atom. The molecular formula is C17H17NO4S. The van der Waals surface area contributed by atoms with Crippen LogP contribution in [0.5, 0.6) is 0 Å². The average molecular weight is 331 g/mol. The molecular weight excluding hydrogens is 314 g/mol. The molecule has 1 heterocycles. The molecule has 1 aromatic heterocycles. The van der Waals surface area contributed by atoms with Crippen LogP contribution >= 0.6 is 11.3 Å². The van der Waals surface area contributed by atoms with Crippen LogP contribution in [-0.2, 0) is 20.7 Å². The number of aryl methyl sites for hydroxylation is 1. The van der Waals surface area contributed by atoms with E-state index in [-0.39, 0.29) is 30.7 Å². The third-order valence-electron chi connectivity index (χ3n) is 3.05. The Hall–Kier alpha value is -2.47. The summed E-state index contributed by atoms with van der Waals surface area (Å²) in [4.78, 5) is 35.6. The van der Waals surface area contributed by atoms with Crippen molar-refractivity contribution in [2.24, 2.45) is 0 Å². The maximum Gasteiger partial charge on any atom is 0.306 e. The second kappa shape index (κ2) is 8.24. The van der Waals surface area contributed by atoms with Gasteiger partial charge in [-0.05, 0) is 42.1 Å². The lowest BCUT2D eigenvalue weighted by molar-refractivity contribution is -0.142. The van der Waals surface area contributed by atoms with E-state index in [0.29, 0.717) is 17.7 Å². The van der Waals surface area contributed by atoms with Gasteiger partial charge in [-0.1, -0.05) is 6.07 Å². The van der Waals surface area contributed by atoms with Crippen molar-refractivity contribution in [2.45, 2.75) is 19.8 Å². The van der Waals surface area contributed by atoms with E-state index in [0.717, 1.165) is 4.88 Å². The highest BCUT2D eigenvalue weighted by Crippen LogP contribution is 2.12. The van der Waals surface area contributed by atoms with Crippen LogP contribution in [0.4, 0.5) is 5.69 Å². The first-order valence-corrected chi connectivity index (χ1v) is 8.01. The van der Waals surface area contributed by atoms with Gasteiger partial charge in [0, 0.05) is 23.1 Å². The summed E-state index contributed by atoms with van der Waals surface area (Å²) >= 11 is 1.59. The summed E-state index contributed by atoms with van der Waals surface area (Å²) in [5.74, 6) is -0.839. The summed E-state index contributed by atoms with van der Waals surface area (Å²) in [6.07, 6.45) is 0.880. The van der Waals surface area contributed by atoms with Gasteiger partial charge >= 0.3 is 5.97 Å². The molecule has 120 valence electrons. The van der Waals surface area contributed by atoms with E-state index in [1.165, 1.54) is 6.92 Å². The first-order valence-electron chi connectivity index (χ1n) is 7.13. The first-order chi connectivity index (χ1) is 11.0. The van der Waals surface area contributed by atoms with Crippen LogP contribution in [0.1, 0.15) is 28.6 Å². The predicted molar refractivity (Wildman–Crippen MR) is 88.7 cm³/mol. The van der Waals surface area contributed by atoms with Crippen molar-refractivity contribution in [3.63, 3.8) is 0 Å². The van der Waals surface area contributed by atoms with Crippen LogP contribution in [0.25, 0.3) is 0 Å². The van der Waals surface area contributed by atoms with Gasteiger partial charge in [0.25, 0.3) is 0 Å². The van der Waals surface area contributed by atoms with Crippen LogP contribution in [0.15, 0.2) is 41.8 Å². The SMILES string of the molecule is CC(=O)Nc1ccc(C(=O)COC(=O)CCc2cccs2)cc1. The summed E-state index contributed by atoms with van der Waals surface area (Å²) in [6, 6.07) is 10.3. The lowest BCUT2D eigenvalue weighted by Crippen LogP contribution is -2.14. The van der Waals surface area contributed by atoms with Crippen molar-refractivity contribution < 1.29 is 19.1 Å². The van der Waals surface area contributed by atoms with Gasteiger partial charge < -0.3 is 10.1 Å². The Morgan fingerprint density at radius 3 is 2.48 bits per heavy atom. The standard InChI is InChI=1S/C17H17NO4S/c1-12(19)18-14-6-4-13(5-7-14)16(20)11-22-17(21)9-8-15-3-2-10-23-15/h2-7,10H,8-9,11H2,1H3,(H,18,19). The van der Waals surface area contributed by atoms with Crippen LogP contribution in [0.2, 0.25) is 0 Å². The molecule has 2 rings (SSSR count). The number of thiophene rings is 1. The van der Waals surface area contributed by atoms with Gasteiger partial charge in [0.15, 0.2) is 12.4 Å². The minimum atomic E-state index is -0.387. The molecule has 0 fully saturated rings. The Morgan fingerprint density at radius 2 is 1.87 bits per heavy atom. The normalized spacial score (nSPS) is 10.1. The molecule has 0 spiro atoms. The minimum absolute atomic E-state index is 0.177. The van der Waals surface area contributed by atoms with Crippen LogP contribution in [0.3, 0.4) is 0 Å². The number of anilines is 1. The number of hydrogen-bond donors (Lipinski definition) is 1. The number of carbonyl (C=O) groups is 3. The molecule has 0 unspecified atom stereocenters. The highest BCUT2D eigenvalue weighted by molar-refractivity contribution is 7.09. The molecule has 0 aliphatic heterocycles. The zero-order valence-corrected chi connectivity index (χ0v) is 13.5. The molecule has 0 saturated carbocycles. The number of rotatable bonds is 7. The number of ketones is 1. The Kier molecular flexibility index (Phi) is 6.05.